The minimum Gasteiger partial charge on any atom is -0.296 e. The molecule has 0 aromatic carbocycles. The quantitative estimate of drug-likeness (QED) is 0.741. The minimum atomic E-state index is 0.187. The molecule has 1 unspecified atom stereocenters. The summed E-state index contributed by atoms with van der Waals surface area (Å²) in [5.41, 5.74) is 1.75. The van der Waals surface area contributed by atoms with Crippen LogP contribution in [-0.2, 0) is 5.54 Å². The Morgan fingerprint density at radius 3 is 2.67 bits per heavy atom. The molecule has 1 aliphatic heterocycles. The summed E-state index contributed by atoms with van der Waals surface area (Å²) >= 11 is 1.81. The van der Waals surface area contributed by atoms with Crippen LogP contribution in [0.4, 0.5) is 0 Å². The standard InChI is InChI=1S/C12H18N2S/c1-9-8-15-10(13-9)11(2)12(14-11)6-4-3-5-7-12/h8,14H,3-7H2,1-2H3. The largest absolute Gasteiger partial charge is 0.296 e. The highest BCUT2D eigenvalue weighted by Gasteiger charge is 2.65. The Bertz CT molecular complexity index is 379. The van der Waals surface area contributed by atoms with Crippen molar-refractivity contribution in [2.75, 3.05) is 0 Å². The molecule has 0 amide bonds. The smallest absolute Gasteiger partial charge is 0.115 e. The number of rotatable bonds is 1. The predicted octanol–water partition coefficient (Wildman–Crippen LogP) is 2.97. The molecule has 2 heterocycles. The van der Waals surface area contributed by atoms with Gasteiger partial charge in [-0.05, 0) is 26.7 Å². The molecule has 0 radical (unpaired) electrons. The average Bonchev–Trinajstić information content (AvgIpc) is 2.62. The van der Waals surface area contributed by atoms with Crippen molar-refractivity contribution in [2.24, 2.45) is 0 Å². The number of nitrogens with zero attached hydrogens (tertiary/aromatic N) is 1. The Balaban J connectivity index is 1.88. The van der Waals surface area contributed by atoms with Gasteiger partial charge in [-0.1, -0.05) is 19.3 Å². The zero-order valence-corrected chi connectivity index (χ0v) is 10.3. The van der Waals surface area contributed by atoms with Crippen LogP contribution in [-0.4, -0.2) is 10.5 Å². The van der Waals surface area contributed by atoms with Crippen LogP contribution < -0.4 is 5.32 Å². The lowest BCUT2D eigenvalue weighted by Gasteiger charge is -2.23. The van der Waals surface area contributed by atoms with Crippen LogP contribution in [0.5, 0.6) is 0 Å². The second kappa shape index (κ2) is 3.05. The SMILES string of the molecule is Cc1csc(C2(C)NC23CCCCC3)n1. The molecule has 2 fully saturated rings. The van der Waals surface area contributed by atoms with Gasteiger partial charge in [-0.15, -0.1) is 11.3 Å². The van der Waals surface area contributed by atoms with Crippen molar-refractivity contribution in [3.05, 3.63) is 16.1 Å². The van der Waals surface area contributed by atoms with E-state index in [1.54, 1.807) is 0 Å². The summed E-state index contributed by atoms with van der Waals surface area (Å²) in [6, 6.07) is 0. The Kier molecular flexibility index (Phi) is 1.99. The molecule has 1 saturated carbocycles. The molecule has 1 saturated heterocycles. The normalized spacial score (nSPS) is 33.2. The van der Waals surface area contributed by atoms with Gasteiger partial charge in [0.1, 0.15) is 5.01 Å². The van der Waals surface area contributed by atoms with Crippen LogP contribution in [0.25, 0.3) is 0 Å². The van der Waals surface area contributed by atoms with Crippen molar-refractivity contribution in [3.8, 4) is 0 Å². The first kappa shape index (κ1) is 9.79. The van der Waals surface area contributed by atoms with Gasteiger partial charge in [-0.3, -0.25) is 5.32 Å². The number of hydrogen-bond acceptors (Lipinski definition) is 3. The first-order chi connectivity index (χ1) is 7.16. The van der Waals surface area contributed by atoms with Crippen molar-refractivity contribution in [3.63, 3.8) is 0 Å². The molecular weight excluding hydrogens is 204 g/mol. The molecule has 1 spiro atoms. The van der Waals surface area contributed by atoms with Gasteiger partial charge in [0.15, 0.2) is 0 Å². The second-order valence-corrected chi connectivity index (χ2v) is 6.04. The lowest BCUT2D eigenvalue weighted by atomic mass is 9.81. The van der Waals surface area contributed by atoms with Gasteiger partial charge in [-0.2, -0.15) is 0 Å². The third-order valence-corrected chi connectivity index (χ3v) is 5.32. The van der Waals surface area contributed by atoms with E-state index in [-0.39, 0.29) is 5.54 Å². The van der Waals surface area contributed by atoms with E-state index in [1.165, 1.54) is 37.1 Å². The van der Waals surface area contributed by atoms with Crippen molar-refractivity contribution in [2.45, 2.75) is 57.0 Å². The molecule has 1 aromatic heterocycles. The topological polar surface area (TPSA) is 34.8 Å². The van der Waals surface area contributed by atoms with Gasteiger partial charge < -0.3 is 0 Å². The summed E-state index contributed by atoms with van der Waals surface area (Å²) in [6.45, 7) is 4.41. The average molecular weight is 222 g/mol. The molecule has 15 heavy (non-hydrogen) atoms. The maximum absolute atomic E-state index is 4.65. The van der Waals surface area contributed by atoms with E-state index >= 15 is 0 Å². The number of aryl methyl sites for hydroxylation is 1. The summed E-state index contributed by atoms with van der Waals surface area (Å²) in [5, 5.41) is 7.20. The molecule has 3 rings (SSSR count). The van der Waals surface area contributed by atoms with E-state index in [9.17, 15) is 0 Å². The van der Waals surface area contributed by atoms with Crippen LogP contribution in [0.2, 0.25) is 0 Å². The van der Waals surface area contributed by atoms with E-state index in [0.29, 0.717) is 5.54 Å². The maximum atomic E-state index is 4.65. The van der Waals surface area contributed by atoms with Crippen LogP contribution >= 0.6 is 11.3 Å². The summed E-state index contributed by atoms with van der Waals surface area (Å²) in [7, 11) is 0. The Hall–Kier alpha value is -0.410. The number of aromatic nitrogens is 1. The molecule has 1 aliphatic carbocycles. The van der Waals surface area contributed by atoms with Crippen LogP contribution in [0.1, 0.15) is 49.7 Å². The number of hydrogen-bond donors (Lipinski definition) is 1. The third-order valence-electron chi connectivity index (χ3n) is 4.14. The van der Waals surface area contributed by atoms with E-state index in [1.807, 2.05) is 11.3 Å². The fraction of sp³-hybridized carbons (Fsp3) is 0.750. The fourth-order valence-corrected chi connectivity index (χ4v) is 4.08. The molecule has 2 aliphatic rings. The number of nitrogens with one attached hydrogen (secondary N) is 1. The summed E-state index contributed by atoms with van der Waals surface area (Å²) < 4.78 is 0. The molecule has 1 N–H and O–H groups in total. The van der Waals surface area contributed by atoms with Crippen LogP contribution in [0.3, 0.4) is 0 Å². The number of thiazole rings is 1. The van der Waals surface area contributed by atoms with Crippen molar-refractivity contribution in [1.29, 1.82) is 0 Å². The van der Waals surface area contributed by atoms with Crippen molar-refractivity contribution in [1.82, 2.24) is 10.3 Å². The molecule has 0 bridgehead atoms. The highest BCUT2D eigenvalue weighted by Crippen LogP contribution is 2.55. The summed E-state index contributed by atoms with van der Waals surface area (Å²) in [4.78, 5) is 4.65. The molecular formula is C12H18N2S. The van der Waals surface area contributed by atoms with Crippen LogP contribution in [0.15, 0.2) is 5.38 Å². The molecule has 2 nitrogen and oxygen atoms in total. The first-order valence-electron chi connectivity index (χ1n) is 5.88. The lowest BCUT2D eigenvalue weighted by molar-refractivity contribution is 0.375. The summed E-state index contributed by atoms with van der Waals surface area (Å²) in [6.07, 6.45) is 6.85. The molecule has 3 heteroatoms. The van der Waals surface area contributed by atoms with Gasteiger partial charge in [0, 0.05) is 16.6 Å². The van der Waals surface area contributed by atoms with Crippen molar-refractivity contribution >= 4 is 11.3 Å². The van der Waals surface area contributed by atoms with E-state index < -0.39 is 0 Å². The maximum Gasteiger partial charge on any atom is 0.115 e. The second-order valence-electron chi connectivity index (χ2n) is 5.19. The molecule has 1 atom stereocenters. The van der Waals surface area contributed by atoms with E-state index in [0.717, 1.165) is 5.69 Å². The van der Waals surface area contributed by atoms with Gasteiger partial charge in [0.25, 0.3) is 0 Å². The van der Waals surface area contributed by atoms with Gasteiger partial charge in [-0.25, -0.2) is 4.98 Å². The Morgan fingerprint density at radius 2 is 2.07 bits per heavy atom. The monoisotopic (exact) mass is 222 g/mol. The van der Waals surface area contributed by atoms with E-state index in [4.69, 9.17) is 0 Å². The zero-order valence-electron chi connectivity index (χ0n) is 9.47. The Labute approximate surface area is 95.1 Å². The van der Waals surface area contributed by atoms with Gasteiger partial charge >= 0.3 is 0 Å². The van der Waals surface area contributed by atoms with Crippen LogP contribution in [0, 0.1) is 6.92 Å². The molecule has 1 aromatic rings. The lowest BCUT2D eigenvalue weighted by Crippen LogP contribution is -2.24. The minimum absolute atomic E-state index is 0.187. The first-order valence-corrected chi connectivity index (χ1v) is 6.76. The van der Waals surface area contributed by atoms with Gasteiger partial charge in [0.05, 0.1) is 5.54 Å². The van der Waals surface area contributed by atoms with Crippen molar-refractivity contribution < 1.29 is 0 Å². The third kappa shape index (κ3) is 1.29. The predicted molar refractivity (Wildman–Crippen MR) is 63.2 cm³/mol. The highest BCUT2D eigenvalue weighted by atomic mass is 32.1. The zero-order chi connectivity index (χ0) is 10.5. The van der Waals surface area contributed by atoms with Gasteiger partial charge in [0.2, 0.25) is 0 Å². The van der Waals surface area contributed by atoms with E-state index in [2.05, 4.69) is 29.5 Å². The Morgan fingerprint density at radius 1 is 1.33 bits per heavy atom. The summed E-state index contributed by atoms with van der Waals surface area (Å²) in [5.74, 6) is 0. The molecule has 82 valence electrons. The fourth-order valence-electron chi connectivity index (χ4n) is 3.07. The highest BCUT2D eigenvalue weighted by molar-refractivity contribution is 7.09.